The Balaban J connectivity index is 1.66. The van der Waals surface area contributed by atoms with Gasteiger partial charge in [0.1, 0.15) is 5.82 Å². The minimum atomic E-state index is -3.80. The van der Waals surface area contributed by atoms with E-state index in [9.17, 15) is 12.8 Å². The quantitative estimate of drug-likeness (QED) is 0.547. The molecule has 0 bridgehead atoms. The molecular weight excluding hydrogens is 401 g/mol. The summed E-state index contributed by atoms with van der Waals surface area (Å²) in [6.07, 6.45) is 2.88. The van der Waals surface area contributed by atoms with E-state index in [1.807, 2.05) is 0 Å². The summed E-state index contributed by atoms with van der Waals surface area (Å²) in [7, 11) is -3.80. The fraction of sp³-hybridized carbons (Fsp3) is 0.0556. The first kappa shape index (κ1) is 19.6. The Kier molecular flexibility index (Phi) is 5.81. The Morgan fingerprint density at radius 3 is 2.36 bits per heavy atom. The minimum Gasteiger partial charge on any atom is -0.332 e. The lowest BCUT2D eigenvalue weighted by atomic mass is 10.2. The lowest BCUT2D eigenvalue weighted by molar-refractivity contribution is 0.601. The molecule has 3 aromatic rings. The maximum Gasteiger partial charge on any atom is 0.264 e. The van der Waals surface area contributed by atoms with Crippen LogP contribution in [0.15, 0.2) is 65.8 Å². The van der Waals surface area contributed by atoms with E-state index >= 15 is 0 Å². The second kappa shape index (κ2) is 8.28. The smallest absolute Gasteiger partial charge is 0.264 e. The van der Waals surface area contributed by atoms with Gasteiger partial charge in [0, 0.05) is 23.8 Å². The number of sulfonamides is 1. The van der Waals surface area contributed by atoms with Gasteiger partial charge in [0.2, 0.25) is 5.95 Å². The van der Waals surface area contributed by atoms with Crippen LogP contribution in [0.3, 0.4) is 0 Å². The van der Waals surface area contributed by atoms with Crippen LogP contribution in [0.5, 0.6) is 0 Å². The van der Waals surface area contributed by atoms with Crippen molar-refractivity contribution in [3.8, 4) is 0 Å². The summed E-state index contributed by atoms with van der Waals surface area (Å²) in [4.78, 5) is 7.73. The second-order valence-corrected chi connectivity index (χ2v) is 7.83. The van der Waals surface area contributed by atoms with E-state index in [0.29, 0.717) is 22.1 Å². The van der Waals surface area contributed by atoms with Crippen molar-refractivity contribution >= 4 is 44.7 Å². The molecule has 0 unspecified atom stereocenters. The van der Waals surface area contributed by atoms with Gasteiger partial charge in [-0.2, -0.15) is 0 Å². The zero-order valence-electron chi connectivity index (χ0n) is 14.7. The van der Waals surface area contributed by atoms with Crippen LogP contribution >= 0.6 is 12.2 Å². The monoisotopic (exact) mass is 417 g/mol. The molecular formula is C18H16FN5O2S2. The third-order valence-corrected chi connectivity index (χ3v) is 5.20. The first-order valence-electron chi connectivity index (χ1n) is 8.07. The molecule has 2 aromatic carbocycles. The molecule has 0 fully saturated rings. The van der Waals surface area contributed by atoms with Gasteiger partial charge < -0.3 is 10.6 Å². The Morgan fingerprint density at radius 1 is 1.04 bits per heavy atom. The number of benzene rings is 2. The summed E-state index contributed by atoms with van der Waals surface area (Å²) in [6, 6.07) is 11.9. The van der Waals surface area contributed by atoms with E-state index in [1.54, 1.807) is 31.2 Å². The van der Waals surface area contributed by atoms with Gasteiger partial charge in [-0.05, 0) is 73.2 Å². The van der Waals surface area contributed by atoms with Crippen LogP contribution in [0.1, 0.15) is 5.56 Å². The maximum atomic E-state index is 13.2. The first-order valence-corrected chi connectivity index (χ1v) is 9.97. The van der Waals surface area contributed by atoms with E-state index < -0.39 is 10.0 Å². The standard InChI is InChI=1S/C18H16FN5O2S2/c1-12-11-13(19)3-8-16(12)23-18(27)22-14-4-6-15(7-5-14)28(25,26)24-17-20-9-2-10-21-17/h2-11H,1H3,(H,20,21,24)(H2,22,23,27). The number of nitrogens with zero attached hydrogens (tertiary/aromatic N) is 2. The van der Waals surface area contributed by atoms with Gasteiger partial charge in [-0.3, -0.25) is 0 Å². The van der Waals surface area contributed by atoms with E-state index in [4.69, 9.17) is 12.2 Å². The average Bonchev–Trinajstić information content (AvgIpc) is 2.65. The van der Waals surface area contributed by atoms with Crippen molar-refractivity contribution < 1.29 is 12.8 Å². The normalized spacial score (nSPS) is 10.9. The van der Waals surface area contributed by atoms with Crippen molar-refractivity contribution in [2.24, 2.45) is 0 Å². The maximum absolute atomic E-state index is 13.2. The molecule has 1 heterocycles. The summed E-state index contributed by atoms with van der Waals surface area (Å²) in [5.41, 5.74) is 1.97. The van der Waals surface area contributed by atoms with E-state index in [1.165, 1.54) is 36.7 Å². The highest BCUT2D eigenvalue weighted by Gasteiger charge is 2.15. The zero-order chi connectivity index (χ0) is 20.1. The predicted octanol–water partition coefficient (Wildman–Crippen LogP) is 3.53. The van der Waals surface area contributed by atoms with Crippen LogP contribution in [0.25, 0.3) is 0 Å². The van der Waals surface area contributed by atoms with E-state index in [0.717, 1.165) is 0 Å². The van der Waals surface area contributed by atoms with Crippen LogP contribution in [-0.2, 0) is 10.0 Å². The van der Waals surface area contributed by atoms with Crippen molar-refractivity contribution in [1.29, 1.82) is 0 Å². The summed E-state index contributed by atoms with van der Waals surface area (Å²) in [5, 5.41) is 6.21. The largest absolute Gasteiger partial charge is 0.332 e. The van der Waals surface area contributed by atoms with Crippen LogP contribution in [0, 0.1) is 12.7 Å². The second-order valence-electron chi connectivity index (χ2n) is 5.74. The third-order valence-electron chi connectivity index (χ3n) is 3.65. The van der Waals surface area contributed by atoms with Gasteiger partial charge in [0.15, 0.2) is 5.11 Å². The fourth-order valence-electron chi connectivity index (χ4n) is 2.30. The van der Waals surface area contributed by atoms with Gasteiger partial charge in [-0.15, -0.1) is 0 Å². The van der Waals surface area contributed by atoms with Crippen LogP contribution in [0.4, 0.5) is 21.7 Å². The number of aryl methyl sites for hydroxylation is 1. The Morgan fingerprint density at radius 2 is 1.71 bits per heavy atom. The third kappa shape index (κ3) is 4.99. The predicted molar refractivity (Wildman–Crippen MR) is 110 cm³/mol. The molecule has 144 valence electrons. The van der Waals surface area contributed by atoms with Crippen molar-refractivity contribution in [2.45, 2.75) is 11.8 Å². The Hall–Kier alpha value is -3.11. The SMILES string of the molecule is Cc1cc(F)ccc1NC(=S)Nc1ccc(S(=O)(=O)Nc2ncccn2)cc1. The van der Waals surface area contributed by atoms with Gasteiger partial charge in [-0.25, -0.2) is 27.5 Å². The molecule has 0 radical (unpaired) electrons. The summed E-state index contributed by atoms with van der Waals surface area (Å²) in [5.74, 6) is -0.335. The van der Waals surface area contributed by atoms with Crippen LogP contribution < -0.4 is 15.4 Å². The van der Waals surface area contributed by atoms with Gasteiger partial charge in [-0.1, -0.05) is 0 Å². The molecule has 0 aliphatic heterocycles. The molecule has 3 N–H and O–H groups in total. The highest BCUT2D eigenvalue weighted by atomic mass is 32.2. The fourth-order valence-corrected chi connectivity index (χ4v) is 3.49. The van der Waals surface area contributed by atoms with Crippen LogP contribution in [0.2, 0.25) is 0 Å². The lowest BCUT2D eigenvalue weighted by Gasteiger charge is -2.13. The average molecular weight is 417 g/mol. The van der Waals surface area contributed by atoms with Crippen LogP contribution in [-0.4, -0.2) is 23.5 Å². The lowest BCUT2D eigenvalue weighted by Crippen LogP contribution is -2.20. The Bertz CT molecular complexity index is 1090. The van der Waals surface area contributed by atoms with Crippen molar-refractivity contribution in [3.63, 3.8) is 0 Å². The summed E-state index contributed by atoms with van der Waals surface area (Å²) < 4.78 is 40.2. The molecule has 0 atom stereocenters. The molecule has 7 nitrogen and oxygen atoms in total. The highest BCUT2D eigenvalue weighted by molar-refractivity contribution is 7.92. The van der Waals surface area contributed by atoms with Crippen molar-refractivity contribution in [1.82, 2.24) is 9.97 Å². The number of halogens is 1. The molecule has 0 aliphatic carbocycles. The topological polar surface area (TPSA) is 96.0 Å². The molecule has 0 amide bonds. The number of rotatable bonds is 5. The summed E-state index contributed by atoms with van der Waals surface area (Å²) >= 11 is 5.24. The first-order chi connectivity index (χ1) is 13.3. The van der Waals surface area contributed by atoms with E-state index in [2.05, 4.69) is 25.3 Å². The summed E-state index contributed by atoms with van der Waals surface area (Å²) in [6.45, 7) is 1.76. The van der Waals surface area contributed by atoms with Gasteiger partial charge in [0.05, 0.1) is 4.90 Å². The molecule has 0 spiro atoms. The number of anilines is 3. The molecule has 0 aliphatic rings. The van der Waals surface area contributed by atoms with Crippen molar-refractivity contribution in [2.75, 3.05) is 15.4 Å². The van der Waals surface area contributed by atoms with Gasteiger partial charge >= 0.3 is 0 Å². The zero-order valence-corrected chi connectivity index (χ0v) is 16.3. The number of thiocarbonyl (C=S) groups is 1. The molecule has 10 heteroatoms. The highest BCUT2D eigenvalue weighted by Crippen LogP contribution is 2.18. The molecule has 3 rings (SSSR count). The van der Waals surface area contributed by atoms with Crippen molar-refractivity contribution in [3.05, 3.63) is 72.3 Å². The van der Waals surface area contributed by atoms with E-state index in [-0.39, 0.29) is 16.7 Å². The molecule has 1 aromatic heterocycles. The Labute approximate surface area is 167 Å². The number of hydrogen-bond donors (Lipinski definition) is 3. The number of nitrogens with one attached hydrogen (secondary N) is 3. The molecule has 0 saturated carbocycles. The number of aromatic nitrogens is 2. The van der Waals surface area contributed by atoms with Gasteiger partial charge in [0.25, 0.3) is 10.0 Å². The number of hydrogen-bond acceptors (Lipinski definition) is 5. The molecule has 28 heavy (non-hydrogen) atoms. The minimum absolute atomic E-state index is 0.00949. The molecule has 0 saturated heterocycles.